The first-order chi connectivity index (χ1) is 4.72. The Labute approximate surface area is 74.2 Å². The van der Waals surface area contributed by atoms with Gasteiger partial charge in [-0.25, -0.2) is 7.50 Å². The summed E-state index contributed by atoms with van der Waals surface area (Å²) in [5.41, 5.74) is 0. The third kappa shape index (κ3) is 2.03. The van der Waals surface area contributed by atoms with E-state index in [-0.39, 0.29) is 12.6 Å². The van der Waals surface area contributed by atoms with Crippen molar-refractivity contribution < 1.29 is 9.13 Å². The molecular formula is C6H11FINO. The van der Waals surface area contributed by atoms with Crippen LogP contribution in [0.15, 0.2) is 0 Å². The summed E-state index contributed by atoms with van der Waals surface area (Å²) in [7, 11) is 1.89. The molecule has 2 nitrogen and oxygen atoms in total. The van der Waals surface area contributed by atoms with Crippen molar-refractivity contribution in [2.75, 3.05) is 20.3 Å². The summed E-state index contributed by atoms with van der Waals surface area (Å²) in [6.45, 7) is 0.955. The second kappa shape index (κ2) is 3.82. The number of hydrogen-bond donors (Lipinski definition) is 0. The van der Waals surface area contributed by atoms with Gasteiger partial charge in [0.15, 0.2) is 0 Å². The number of alkyl halides is 1. The van der Waals surface area contributed by atoms with Gasteiger partial charge in [0.25, 0.3) is 0 Å². The van der Waals surface area contributed by atoms with Gasteiger partial charge in [0, 0.05) is 29.5 Å². The molecule has 1 fully saturated rings. The number of nitrogens with zero attached hydrogens (tertiary/aromatic N) is 1. The van der Waals surface area contributed by atoms with E-state index >= 15 is 0 Å². The molecule has 0 aromatic rings. The van der Waals surface area contributed by atoms with E-state index in [2.05, 4.69) is 22.9 Å². The van der Waals surface area contributed by atoms with Gasteiger partial charge in [-0.3, -0.25) is 0 Å². The highest BCUT2D eigenvalue weighted by Gasteiger charge is 2.27. The Morgan fingerprint density at radius 3 is 2.80 bits per heavy atom. The lowest BCUT2D eigenvalue weighted by atomic mass is 10.1. The Bertz CT molecular complexity index is 112. The molecule has 0 spiro atoms. The van der Waals surface area contributed by atoms with Crippen LogP contribution >= 0.6 is 22.9 Å². The summed E-state index contributed by atoms with van der Waals surface area (Å²) in [6.07, 6.45) is -0.00343. The van der Waals surface area contributed by atoms with Crippen LogP contribution in [-0.2, 0) is 4.74 Å². The van der Waals surface area contributed by atoms with Crippen molar-refractivity contribution in [1.29, 1.82) is 0 Å². The fourth-order valence-corrected chi connectivity index (χ4v) is 1.72. The largest absolute Gasteiger partial charge is 0.378 e. The fourth-order valence-electron chi connectivity index (χ4n) is 1.09. The maximum atomic E-state index is 12.9. The average molecular weight is 259 g/mol. The van der Waals surface area contributed by atoms with Gasteiger partial charge in [-0.2, -0.15) is 0 Å². The van der Waals surface area contributed by atoms with Crippen molar-refractivity contribution in [2.45, 2.75) is 18.6 Å². The minimum absolute atomic E-state index is 0.0503. The van der Waals surface area contributed by atoms with E-state index in [0.29, 0.717) is 6.61 Å². The molecule has 4 heteroatoms. The van der Waals surface area contributed by atoms with E-state index in [9.17, 15) is 4.39 Å². The summed E-state index contributed by atoms with van der Waals surface area (Å²) >= 11 is 2.11. The zero-order chi connectivity index (χ0) is 7.56. The molecule has 0 N–H and O–H groups in total. The van der Waals surface area contributed by atoms with Gasteiger partial charge in [-0.1, -0.05) is 0 Å². The normalized spacial score (nSPS) is 34.8. The van der Waals surface area contributed by atoms with Gasteiger partial charge in [-0.05, 0) is 13.5 Å². The van der Waals surface area contributed by atoms with Crippen LogP contribution in [0.5, 0.6) is 0 Å². The molecule has 0 aliphatic carbocycles. The summed E-state index contributed by atoms with van der Waals surface area (Å²) in [6, 6.07) is 0.0503. The van der Waals surface area contributed by atoms with Crippen LogP contribution in [0.2, 0.25) is 0 Å². The second-order valence-electron chi connectivity index (χ2n) is 2.47. The highest BCUT2D eigenvalue weighted by atomic mass is 127. The van der Waals surface area contributed by atoms with Gasteiger partial charge in [-0.15, -0.1) is 0 Å². The molecule has 0 radical (unpaired) electrons. The smallest absolute Gasteiger partial charge is 0.140 e. The van der Waals surface area contributed by atoms with E-state index in [1.165, 1.54) is 0 Å². The van der Waals surface area contributed by atoms with Crippen molar-refractivity contribution in [2.24, 2.45) is 0 Å². The molecule has 2 unspecified atom stereocenters. The van der Waals surface area contributed by atoms with Crippen LogP contribution < -0.4 is 0 Å². The monoisotopic (exact) mass is 259 g/mol. The lowest BCUT2D eigenvalue weighted by Crippen LogP contribution is -2.40. The van der Waals surface area contributed by atoms with Gasteiger partial charge in [0.1, 0.15) is 6.17 Å². The molecule has 1 heterocycles. The highest BCUT2D eigenvalue weighted by molar-refractivity contribution is 14.1. The molecule has 1 aliphatic heterocycles. The summed E-state index contributed by atoms with van der Waals surface area (Å²) < 4.78 is 19.8. The number of hydrogen-bond acceptors (Lipinski definition) is 2. The van der Waals surface area contributed by atoms with Crippen LogP contribution in [0, 0.1) is 0 Å². The zero-order valence-corrected chi connectivity index (χ0v) is 8.04. The lowest BCUT2D eigenvalue weighted by molar-refractivity contribution is 0.00316. The average Bonchev–Trinajstić information content (AvgIpc) is 1.88. The fraction of sp³-hybridized carbons (Fsp3) is 1.00. The van der Waals surface area contributed by atoms with Crippen molar-refractivity contribution in [3.8, 4) is 0 Å². The number of halogens is 2. The maximum Gasteiger partial charge on any atom is 0.140 e. The minimum atomic E-state index is -0.810. The highest BCUT2D eigenvalue weighted by Crippen LogP contribution is 2.18. The molecule has 1 aliphatic rings. The number of ether oxygens (including phenoxy) is 1. The Morgan fingerprint density at radius 2 is 2.40 bits per heavy atom. The van der Waals surface area contributed by atoms with E-state index in [4.69, 9.17) is 4.74 Å². The van der Waals surface area contributed by atoms with Gasteiger partial charge in [0.05, 0.1) is 12.6 Å². The first-order valence-electron chi connectivity index (χ1n) is 3.32. The molecule has 0 bridgehead atoms. The van der Waals surface area contributed by atoms with Crippen LogP contribution in [0.25, 0.3) is 0 Å². The van der Waals surface area contributed by atoms with Crippen LogP contribution in [0.4, 0.5) is 4.39 Å². The van der Waals surface area contributed by atoms with E-state index in [0.717, 1.165) is 6.42 Å². The number of rotatable bonds is 1. The third-order valence-electron chi connectivity index (χ3n) is 1.71. The molecular weight excluding hydrogens is 248 g/mol. The Kier molecular flexibility index (Phi) is 3.32. The molecule has 1 saturated heterocycles. The second-order valence-corrected chi connectivity index (χ2v) is 3.99. The molecule has 0 saturated carbocycles. The molecule has 0 aromatic heterocycles. The molecule has 1 rings (SSSR count). The van der Waals surface area contributed by atoms with Crippen molar-refractivity contribution in [3.63, 3.8) is 0 Å². The maximum absolute atomic E-state index is 12.9. The Morgan fingerprint density at radius 1 is 1.70 bits per heavy atom. The van der Waals surface area contributed by atoms with Crippen LogP contribution in [-0.4, -0.2) is 35.6 Å². The molecule has 0 amide bonds. The predicted molar refractivity (Wildman–Crippen MR) is 45.9 cm³/mol. The molecule has 2 atom stereocenters. The van der Waals surface area contributed by atoms with Gasteiger partial charge in [0.2, 0.25) is 0 Å². The third-order valence-corrected chi connectivity index (χ3v) is 2.43. The van der Waals surface area contributed by atoms with Crippen molar-refractivity contribution in [1.82, 2.24) is 3.11 Å². The van der Waals surface area contributed by atoms with Gasteiger partial charge >= 0.3 is 0 Å². The quantitative estimate of drug-likeness (QED) is 0.521. The topological polar surface area (TPSA) is 12.5 Å². The standard InChI is InChI=1S/C6H11FINO/c1-9(8)6-2-3-10-4-5(6)7/h5-6H,2-4H2,1H3. The lowest BCUT2D eigenvalue weighted by Gasteiger charge is -2.29. The molecule has 0 aromatic carbocycles. The van der Waals surface area contributed by atoms with Crippen molar-refractivity contribution in [3.05, 3.63) is 0 Å². The first-order valence-corrected chi connectivity index (χ1v) is 4.28. The first kappa shape index (κ1) is 8.67. The van der Waals surface area contributed by atoms with Crippen LogP contribution in [0.1, 0.15) is 6.42 Å². The molecule has 10 heavy (non-hydrogen) atoms. The predicted octanol–water partition coefficient (Wildman–Crippen LogP) is 1.40. The van der Waals surface area contributed by atoms with Gasteiger partial charge < -0.3 is 4.74 Å². The van der Waals surface area contributed by atoms with E-state index < -0.39 is 6.17 Å². The minimum Gasteiger partial charge on any atom is -0.378 e. The summed E-state index contributed by atoms with van der Waals surface area (Å²) in [5.74, 6) is 0. The zero-order valence-electron chi connectivity index (χ0n) is 5.89. The Hall–Kier alpha value is 0.580. The summed E-state index contributed by atoms with van der Waals surface area (Å²) in [4.78, 5) is 0. The SMILES string of the molecule is CN(I)C1CCOCC1F. The van der Waals surface area contributed by atoms with Crippen LogP contribution in [0.3, 0.4) is 0 Å². The van der Waals surface area contributed by atoms with E-state index in [1.807, 2.05) is 10.2 Å². The van der Waals surface area contributed by atoms with E-state index in [1.54, 1.807) is 0 Å². The molecule has 60 valence electrons. The summed E-state index contributed by atoms with van der Waals surface area (Å²) in [5, 5.41) is 0. The Balaban J connectivity index is 2.40. The van der Waals surface area contributed by atoms with Crippen molar-refractivity contribution >= 4 is 22.9 Å².